The predicted octanol–water partition coefficient (Wildman–Crippen LogP) is 4.89. The second kappa shape index (κ2) is 8.82. The molecular weight excluding hydrogens is 310 g/mol. The van der Waals surface area contributed by atoms with Crippen LogP contribution in [0.15, 0.2) is 42.7 Å². The molecule has 1 heterocycles. The summed E-state index contributed by atoms with van der Waals surface area (Å²) < 4.78 is 5.43. The van der Waals surface area contributed by atoms with E-state index >= 15 is 0 Å². The van der Waals surface area contributed by atoms with Gasteiger partial charge in [0.15, 0.2) is 0 Å². The van der Waals surface area contributed by atoms with E-state index in [9.17, 15) is 0 Å². The topological polar surface area (TPSA) is 42.4 Å². The minimum atomic E-state index is 0.280. The Balaban J connectivity index is 2.01. The normalized spacial score (nSPS) is 14.2. The van der Waals surface area contributed by atoms with Gasteiger partial charge in [-0.15, -0.1) is 0 Å². The highest BCUT2D eigenvalue weighted by Gasteiger charge is 2.19. The van der Waals surface area contributed by atoms with Crippen LogP contribution < -0.4 is 4.74 Å². The first-order valence-corrected chi connectivity index (χ1v) is 9.24. The summed E-state index contributed by atoms with van der Waals surface area (Å²) in [6.45, 7) is 0.280. The largest absolute Gasteiger partial charge is 0.497 e. The van der Waals surface area contributed by atoms with E-state index in [0.29, 0.717) is 0 Å². The number of hydrogen-bond acceptors (Lipinski definition) is 3. The highest BCUT2D eigenvalue weighted by Crippen LogP contribution is 2.39. The number of benzene rings is 1. The maximum atomic E-state index is 9.06. The summed E-state index contributed by atoms with van der Waals surface area (Å²) in [5.41, 5.74) is 6.86. The molecule has 0 aliphatic heterocycles. The molecule has 25 heavy (non-hydrogen) atoms. The molecule has 0 saturated carbocycles. The lowest BCUT2D eigenvalue weighted by Crippen LogP contribution is -1.96. The second-order valence-corrected chi connectivity index (χ2v) is 6.61. The van der Waals surface area contributed by atoms with Crippen LogP contribution in [0, 0.1) is 0 Å². The van der Waals surface area contributed by atoms with Gasteiger partial charge < -0.3 is 9.84 Å². The summed E-state index contributed by atoms with van der Waals surface area (Å²) in [4.78, 5) is 4.33. The molecule has 0 saturated heterocycles. The number of allylic oxidation sites excluding steroid dienone is 2. The second-order valence-electron chi connectivity index (χ2n) is 6.61. The summed E-state index contributed by atoms with van der Waals surface area (Å²) in [7, 11) is 1.73. The van der Waals surface area contributed by atoms with Gasteiger partial charge in [-0.1, -0.05) is 18.6 Å². The van der Waals surface area contributed by atoms with Crippen LogP contribution in [0.25, 0.3) is 11.1 Å². The lowest BCUT2D eigenvalue weighted by molar-refractivity contribution is 0.283. The van der Waals surface area contributed by atoms with E-state index in [-0.39, 0.29) is 6.61 Å². The van der Waals surface area contributed by atoms with Crippen molar-refractivity contribution in [2.75, 3.05) is 13.7 Å². The number of aliphatic hydroxyl groups excluding tert-OH is 1. The van der Waals surface area contributed by atoms with Gasteiger partial charge in [-0.05, 0) is 84.6 Å². The van der Waals surface area contributed by atoms with Gasteiger partial charge in [0.2, 0.25) is 0 Å². The van der Waals surface area contributed by atoms with Gasteiger partial charge in [0.05, 0.1) is 7.11 Å². The van der Waals surface area contributed by atoms with E-state index in [1.807, 2.05) is 18.5 Å². The van der Waals surface area contributed by atoms with Crippen molar-refractivity contribution < 1.29 is 9.84 Å². The Kier molecular flexibility index (Phi) is 6.24. The van der Waals surface area contributed by atoms with Crippen LogP contribution in [0.1, 0.15) is 55.2 Å². The number of pyridine rings is 1. The van der Waals surface area contributed by atoms with Gasteiger partial charge >= 0.3 is 0 Å². The SMILES string of the molecule is COc1ccc2c(c1)CCCC(c1cccnc1)=C2CCCCCO. The molecule has 1 aromatic carbocycles. The van der Waals surface area contributed by atoms with Crippen LogP contribution in [-0.4, -0.2) is 23.8 Å². The highest BCUT2D eigenvalue weighted by atomic mass is 16.5. The molecule has 2 aromatic rings. The zero-order chi connectivity index (χ0) is 17.5. The van der Waals surface area contributed by atoms with Crippen molar-refractivity contribution in [2.45, 2.75) is 44.9 Å². The molecule has 1 aliphatic carbocycles. The van der Waals surface area contributed by atoms with Crippen LogP contribution >= 0.6 is 0 Å². The summed E-state index contributed by atoms with van der Waals surface area (Å²) in [6.07, 6.45) is 11.2. The molecule has 0 radical (unpaired) electrons. The molecule has 0 spiro atoms. The van der Waals surface area contributed by atoms with Crippen LogP contribution in [0.4, 0.5) is 0 Å². The van der Waals surface area contributed by atoms with Crippen molar-refractivity contribution in [1.82, 2.24) is 4.98 Å². The molecule has 0 unspecified atom stereocenters. The molecule has 0 fully saturated rings. The fourth-order valence-corrected chi connectivity index (χ4v) is 3.70. The average molecular weight is 337 g/mol. The molecule has 3 nitrogen and oxygen atoms in total. The van der Waals surface area contributed by atoms with Crippen molar-refractivity contribution >= 4 is 11.1 Å². The quantitative estimate of drug-likeness (QED) is 0.731. The lowest BCUT2D eigenvalue weighted by atomic mass is 9.89. The zero-order valence-electron chi connectivity index (χ0n) is 15.0. The molecule has 0 atom stereocenters. The van der Waals surface area contributed by atoms with Gasteiger partial charge in [-0.3, -0.25) is 4.98 Å². The Hall–Kier alpha value is -2.13. The monoisotopic (exact) mass is 337 g/mol. The highest BCUT2D eigenvalue weighted by molar-refractivity contribution is 5.92. The van der Waals surface area contributed by atoms with E-state index in [0.717, 1.165) is 50.7 Å². The first kappa shape index (κ1) is 17.7. The number of methoxy groups -OCH3 is 1. The number of ether oxygens (including phenoxy) is 1. The van der Waals surface area contributed by atoms with Crippen LogP contribution in [0.2, 0.25) is 0 Å². The molecule has 1 aromatic heterocycles. The minimum Gasteiger partial charge on any atom is -0.497 e. The third-order valence-corrected chi connectivity index (χ3v) is 4.97. The maximum absolute atomic E-state index is 9.06. The standard InChI is InChI=1S/C22H27NO2/c1-25-19-11-12-21-17(15-19)7-5-10-20(18-8-6-13-23-16-18)22(21)9-3-2-4-14-24/h6,8,11-13,15-16,24H,2-5,7,9-10,14H2,1H3. The van der Waals surface area contributed by atoms with E-state index < -0.39 is 0 Å². The van der Waals surface area contributed by atoms with Crippen molar-refractivity contribution in [3.63, 3.8) is 0 Å². The number of aromatic nitrogens is 1. The third-order valence-electron chi connectivity index (χ3n) is 4.97. The third kappa shape index (κ3) is 4.29. The summed E-state index contributed by atoms with van der Waals surface area (Å²) in [5.74, 6) is 0.934. The first-order chi connectivity index (χ1) is 12.3. The van der Waals surface area contributed by atoms with Crippen molar-refractivity contribution in [1.29, 1.82) is 0 Å². The average Bonchev–Trinajstić information content (AvgIpc) is 2.84. The smallest absolute Gasteiger partial charge is 0.119 e. The number of unbranched alkanes of at least 4 members (excludes halogenated alkanes) is 2. The molecule has 0 bridgehead atoms. The molecule has 1 N–H and O–H groups in total. The number of aliphatic hydroxyl groups is 1. The van der Waals surface area contributed by atoms with E-state index in [4.69, 9.17) is 9.84 Å². The fourth-order valence-electron chi connectivity index (χ4n) is 3.70. The molecule has 3 rings (SSSR count). The first-order valence-electron chi connectivity index (χ1n) is 9.24. The maximum Gasteiger partial charge on any atom is 0.119 e. The summed E-state index contributed by atoms with van der Waals surface area (Å²) >= 11 is 0. The number of fused-ring (bicyclic) bond motifs is 1. The van der Waals surface area contributed by atoms with Gasteiger partial charge in [-0.2, -0.15) is 0 Å². The Morgan fingerprint density at radius 1 is 1.12 bits per heavy atom. The Morgan fingerprint density at radius 3 is 2.80 bits per heavy atom. The van der Waals surface area contributed by atoms with Crippen molar-refractivity contribution in [3.8, 4) is 5.75 Å². The lowest BCUT2D eigenvalue weighted by Gasteiger charge is -2.16. The summed E-state index contributed by atoms with van der Waals surface area (Å²) in [6, 6.07) is 10.7. The number of nitrogens with zero attached hydrogens (tertiary/aromatic N) is 1. The van der Waals surface area contributed by atoms with Gasteiger partial charge in [0, 0.05) is 19.0 Å². The number of aryl methyl sites for hydroxylation is 1. The zero-order valence-corrected chi connectivity index (χ0v) is 15.0. The Bertz CT molecular complexity index is 722. The Morgan fingerprint density at radius 2 is 2.04 bits per heavy atom. The van der Waals surface area contributed by atoms with Gasteiger partial charge in [0.1, 0.15) is 5.75 Å². The molecule has 3 heteroatoms. The van der Waals surface area contributed by atoms with Crippen molar-refractivity contribution in [3.05, 3.63) is 59.4 Å². The predicted molar refractivity (Wildman–Crippen MR) is 103 cm³/mol. The Labute approximate surface area is 150 Å². The molecular formula is C22H27NO2. The summed E-state index contributed by atoms with van der Waals surface area (Å²) in [5, 5.41) is 9.06. The molecule has 0 amide bonds. The molecule has 132 valence electrons. The van der Waals surface area contributed by atoms with E-state index in [1.165, 1.54) is 27.8 Å². The van der Waals surface area contributed by atoms with Crippen LogP contribution in [-0.2, 0) is 6.42 Å². The van der Waals surface area contributed by atoms with Gasteiger partial charge in [-0.25, -0.2) is 0 Å². The number of rotatable bonds is 7. The van der Waals surface area contributed by atoms with E-state index in [2.05, 4.69) is 29.2 Å². The molecule has 1 aliphatic rings. The van der Waals surface area contributed by atoms with Crippen LogP contribution in [0.5, 0.6) is 5.75 Å². The fraction of sp³-hybridized carbons (Fsp3) is 0.409. The minimum absolute atomic E-state index is 0.280. The number of hydrogen-bond donors (Lipinski definition) is 1. The van der Waals surface area contributed by atoms with Gasteiger partial charge in [0.25, 0.3) is 0 Å². The van der Waals surface area contributed by atoms with E-state index in [1.54, 1.807) is 7.11 Å². The van der Waals surface area contributed by atoms with Crippen molar-refractivity contribution in [2.24, 2.45) is 0 Å². The van der Waals surface area contributed by atoms with Crippen LogP contribution in [0.3, 0.4) is 0 Å².